The molecule has 0 aliphatic rings. The number of nitrogens with one attached hydrogen (secondary N) is 1. The average molecular weight is 433 g/mol. The third kappa shape index (κ3) is 5.30. The highest BCUT2D eigenvalue weighted by atomic mass is 35.5. The standard InChI is InChI=1S/C17H18Cl2N2O3S2/c1-11(17(22)20-14-5-4-6-16(10-14)25-2)21(26(3,23)24)15-8-12(18)7-13(19)9-15/h4-11H,1-3H3,(H,20,22)/t11-/m0/s1. The maximum atomic E-state index is 12.7. The summed E-state index contributed by atoms with van der Waals surface area (Å²) in [5, 5.41) is 3.30. The molecule has 0 heterocycles. The topological polar surface area (TPSA) is 66.5 Å². The second-order valence-corrected chi connectivity index (χ2v) is 9.20. The van der Waals surface area contributed by atoms with Crippen LogP contribution >= 0.6 is 35.0 Å². The van der Waals surface area contributed by atoms with Crippen molar-refractivity contribution in [2.24, 2.45) is 0 Å². The third-order valence-corrected chi connectivity index (χ3v) is 5.93. The lowest BCUT2D eigenvalue weighted by atomic mass is 10.2. The molecule has 2 aromatic carbocycles. The van der Waals surface area contributed by atoms with E-state index in [1.54, 1.807) is 17.8 Å². The molecule has 2 aromatic rings. The summed E-state index contributed by atoms with van der Waals surface area (Å²) in [6.45, 7) is 1.50. The zero-order valence-corrected chi connectivity index (χ0v) is 17.5. The van der Waals surface area contributed by atoms with Crippen LogP contribution in [0.15, 0.2) is 47.4 Å². The number of carbonyl (C=O) groups excluding carboxylic acids is 1. The van der Waals surface area contributed by atoms with Crippen molar-refractivity contribution in [2.75, 3.05) is 22.1 Å². The fourth-order valence-electron chi connectivity index (χ4n) is 2.42. The Morgan fingerprint density at radius 2 is 1.77 bits per heavy atom. The molecule has 0 unspecified atom stereocenters. The van der Waals surface area contributed by atoms with Crippen LogP contribution in [0.25, 0.3) is 0 Å². The van der Waals surface area contributed by atoms with Gasteiger partial charge < -0.3 is 5.32 Å². The largest absolute Gasteiger partial charge is 0.324 e. The quantitative estimate of drug-likeness (QED) is 0.681. The average Bonchev–Trinajstić information content (AvgIpc) is 2.52. The second kappa shape index (κ2) is 8.52. The SMILES string of the molecule is CSc1cccc(NC(=O)[C@H](C)N(c2cc(Cl)cc(Cl)c2)S(C)(=O)=O)c1. The number of thioether (sulfide) groups is 1. The number of anilines is 2. The van der Waals surface area contributed by atoms with Crippen LogP contribution in [0.1, 0.15) is 6.92 Å². The molecule has 1 atom stereocenters. The summed E-state index contributed by atoms with van der Waals surface area (Å²) in [5.74, 6) is -0.468. The van der Waals surface area contributed by atoms with E-state index in [1.165, 1.54) is 25.1 Å². The van der Waals surface area contributed by atoms with Crippen LogP contribution in [-0.2, 0) is 14.8 Å². The van der Waals surface area contributed by atoms with Crippen molar-refractivity contribution < 1.29 is 13.2 Å². The summed E-state index contributed by atoms with van der Waals surface area (Å²) >= 11 is 13.5. The van der Waals surface area contributed by atoms with Gasteiger partial charge in [-0.1, -0.05) is 29.3 Å². The lowest BCUT2D eigenvalue weighted by Crippen LogP contribution is -2.45. The normalized spacial score (nSPS) is 12.5. The Hall–Kier alpha value is -1.41. The number of hydrogen-bond acceptors (Lipinski definition) is 4. The Labute approximate surface area is 167 Å². The number of rotatable bonds is 6. The smallest absolute Gasteiger partial charge is 0.247 e. The summed E-state index contributed by atoms with van der Waals surface area (Å²) in [6, 6.07) is 10.7. The molecule has 0 bridgehead atoms. The highest BCUT2D eigenvalue weighted by molar-refractivity contribution is 7.98. The summed E-state index contributed by atoms with van der Waals surface area (Å²) in [4.78, 5) is 13.6. The van der Waals surface area contributed by atoms with Crippen LogP contribution < -0.4 is 9.62 Å². The number of amides is 1. The Morgan fingerprint density at radius 3 is 2.31 bits per heavy atom. The molecule has 0 radical (unpaired) electrons. The predicted molar refractivity (Wildman–Crippen MR) is 110 cm³/mol. The zero-order valence-electron chi connectivity index (χ0n) is 14.4. The monoisotopic (exact) mass is 432 g/mol. The predicted octanol–water partition coefficient (Wildman–Crippen LogP) is 4.51. The molecular weight excluding hydrogens is 415 g/mol. The van der Waals surface area contributed by atoms with E-state index in [1.807, 2.05) is 24.5 Å². The Balaban J connectivity index is 2.34. The lowest BCUT2D eigenvalue weighted by Gasteiger charge is -2.28. The lowest BCUT2D eigenvalue weighted by molar-refractivity contribution is -0.116. The van der Waals surface area contributed by atoms with Gasteiger partial charge in [-0.2, -0.15) is 0 Å². The van der Waals surface area contributed by atoms with Crippen LogP contribution in [0, 0.1) is 0 Å². The molecule has 26 heavy (non-hydrogen) atoms. The molecule has 0 saturated heterocycles. The molecule has 9 heteroatoms. The maximum Gasteiger partial charge on any atom is 0.247 e. The highest BCUT2D eigenvalue weighted by Crippen LogP contribution is 2.29. The van der Waals surface area contributed by atoms with E-state index in [9.17, 15) is 13.2 Å². The van der Waals surface area contributed by atoms with Crippen LogP contribution in [0.4, 0.5) is 11.4 Å². The molecule has 0 aliphatic heterocycles. The Bertz CT molecular complexity index is 900. The molecule has 0 fully saturated rings. The van der Waals surface area contributed by atoms with Crippen molar-refractivity contribution in [1.82, 2.24) is 0 Å². The fraction of sp³-hybridized carbons (Fsp3) is 0.235. The summed E-state index contributed by atoms with van der Waals surface area (Å²) in [6.07, 6.45) is 2.96. The van der Waals surface area contributed by atoms with Crippen molar-refractivity contribution in [3.05, 3.63) is 52.5 Å². The highest BCUT2D eigenvalue weighted by Gasteiger charge is 2.29. The minimum atomic E-state index is -3.75. The van der Waals surface area contributed by atoms with Gasteiger partial charge in [0.15, 0.2) is 0 Å². The molecule has 0 aliphatic carbocycles. The first-order valence-electron chi connectivity index (χ1n) is 7.52. The van der Waals surface area contributed by atoms with E-state index in [0.717, 1.165) is 15.5 Å². The van der Waals surface area contributed by atoms with Crippen molar-refractivity contribution in [3.8, 4) is 0 Å². The van der Waals surface area contributed by atoms with Gasteiger partial charge >= 0.3 is 0 Å². The van der Waals surface area contributed by atoms with E-state index < -0.39 is 22.0 Å². The van der Waals surface area contributed by atoms with Gasteiger partial charge in [-0.3, -0.25) is 9.10 Å². The Kier molecular flexibility index (Phi) is 6.85. The van der Waals surface area contributed by atoms with E-state index in [2.05, 4.69) is 5.32 Å². The summed E-state index contributed by atoms with van der Waals surface area (Å²) < 4.78 is 25.6. The van der Waals surface area contributed by atoms with Gasteiger partial charge in [0.1, 0.15) is 6.04 Å². The summed E-state index contributed by atoms with van der Waals surface area (Å²) in [7, 11) is -3.75. The van der Waals surface area contributed by atoms with Crippen molar-refractivity contribution in [3.63, 3.8) is 0 Å². The minimum Gasteiger partial charge on any atom is -0.324 e. The molecule has 2 rings (SSSR count). The number of nitrogens with zero attached hydrogens (tertiary/aromatic N) is 1. The first-order chi connectivity index (χ1) is 12.1. The van der Waals surface area contributed by atoms with Gasteiger partial charge in [0.2, 0.25) is 15.9 Å². The zero-order chi connectivity index (χ0) is 19.5. The molecule has 1 amide bonds. The molecule has 0 spiro atoms. The third-order valence-electron chi connectivity index (χ3n) is 3.53. The molecule has 140 valence electrons. The Morgan fingerprint density at radius 1 is 1.15 bits per heavy atom. The first kappa shape index (κ1) is 20.9. The van der Waals surface area contributed by atoms with Crippen LogP contribution in [0.2, 0.25) is 10.0 Å². The number of benzene rings is 2. The van der Waals surface area contributed by atoms with Gasteiger partial charge in [0.05, 0.1) is 11.9 Å². The number of halogens is 2. The second-order valence-electron chi connectivity index (χ2n) is 5.58. The van der Waals surface area contributed by atoms with Gasteiger partial charge in [-0.05, 0) is 49.6 Å². The maximum absolute atomic E-state index is 12.7. The minimum absolute atomic E-state index is 0.227. The van der Waals surface area contributed by atoms with Crippen LogP contribution in [0.5, 0.6) is 0 Å². The van der Waals surface area contributed by atoms with E-state index in [0.29, 0.717) is 5.69 Å². The fourth-order valence-corrected chi connectivity index (χ4v) is 4.56. The van der Waals surface area contributed by atoms with Gasteiger partial charge in [0, 0.05) is 20.6 Å². The molecule has 0 saturated carbocycles. The van der Waals surface area contributed by atoms with Crippen molar-refractivity contribution in [2.45, 2.75) is 17.9 Å². The van der Waals surface area contributed by atoms with Crippen molar-refractivity contribution in [1.29, 1.82) is 0 Å². The van der Waals surface area contributed by atoms with Crippen LogP contribution in [-0.4, -0.2) is 32.9 Å². The molecule has 0 aromatic heterocycles. The molecular formula is C17H18Cl2N2O3S2. The van der Waals surface area contributed by atoms with Crippen LogP contribution in [0.3, 0.4) is 0 Å². The van der Waals surface area contributed by atoms with E-state index in [4.69, 9.17) is 23.2 Å². The molecule has 1 N–H and O–H groups in total. The molecule has 5 nitrogen and oxygen atoms in total. The van der Waals surface area contributed by atoms with Gasteiger partial charge in [0.25, 0.3) is 0 Å². The van der Waals surface area contributed by atoms with Gasteiger partial charge in [-0.25, -0.2) is 8.42 Å². The summed E-state index contributed by atoms with van der Waals surface area (Å²) in [5.41, 5.74) is 0.816. The number of sulfonamides is 1. The first-order valence-corrected chi connectivity index (χ1v) is 11.3. The number of carbonyl (C=O) groups is 1. The van der Waals surface area contributed by atoms with E-state index in [-0.39, 0.29) is 15.7 Å². The van der Waals surface area contributed by atoms with E-state index >= 15 is 0 Å². The number of hydrogen-bond donors (Lipinski definition) is 1. The van der Waals surface area contributed by atoms with Crippen molar-refractivity contribution >= 4 is 62.3 Å². The van der Waals surface area contributed by atoms with Gasteiger partial charge in [-0.15, -0.1) is 11.8 Å².